The molecule has 0 spiro atoms. The van der Waals surface area contributed by atoms with Crippen molar-refractivity contribution in [2.24, 2.45) is 0 Å². The predicted octanol–water partition coefficient (Wildman–Crippen LogP) is 3.87. The third kappa shape index (κ3) is 6.07. The summed E-state index contributed by atoms with van der Waals surface area (Å²) in [6, 6.07) is 21.7. The molecule has 0 bridgehead atoms. The molecule has 0 fully saturated rings. The van der Waals surface area contributed by atoms with E-state index in [2.05, 4.69) is 60.7 Å². The van der Waals surface area contributed by atoms with Crippen molar-refractivity contribution in [2.75, 3.05) is 0 Å². The molecule has 0 atom stereocenters. The number of hydrogen-bond acceptors (Lipinski definition) is 0. The van der Waals surface area contributed by atoms with E-state index in [0.717, 1.165) is 0 Å². The summed E-state index contributed by atoms with van der Waals surface area (Å²) in [5, 5.41) is 2.73. The van der Waals surface area contributed by atoms with Gasteiger partial charge in [0.1, 0.15) is 0 Å². The quantitative estimate of drug-likeness (QED) is 0.750. The van der Waals surface area contributed by atoms with Gasteiger partial charge in [-0.15, -0.1) is 0 Å². The van der Waals surface area contributed by atoms with E-state index < -0.39 is 15.4 Å². The number of allylic oxidation sites excluding steroid dienone is 4. The third-order valence-electron chi connectivity index (χ3n) is 3.17. The molecule has 1 aliphatic carbocycles. The molecule has 0 unspecified atom stereocenters. The zero-order chi connectivity index (χ0) is 13.9. The fourth-order valence-electron chi connectivity index (χ4n) is 2.11. The van der Waals surface area contributed by atoms with Crippen molar-refractivity contribution in [3.05, 3.63) is 103 Å². The van der Waals surface area contributed by atoms with E-state index in [9.17, 15) is 0 Å². The summed E-state index contributed by atoms with van der Waals surface area (Å²) in [6.45, 7) is 0. The van der Waals surface area contributed by atoms with Gasteiger partial charge < -0.3 is 0 Å². The van der Waals surface area contributed by atoms with Gasteiger partial charge in [-0.3, -0.25) is 0 Å². The van der Waals surface area contributed by atoms with Crippen molar-refractivity contribution in [3.63, 3.8) is 0 Å². The molecule has 0 aliphatic heterocycles. The molecular formula is C19H21Ge. The molecule has 0 heterocycles. The molecule has 2 aromatic rings. The van der Waals surface area contributed by atoms with Gasteiger partial charge in [0.2, 0.25) is 0 Å². The van der Waals surface area contributed by atoms with Crippen LogP contribution in [0.1, 0.15) is 11.1 Å². The summed E-state index contributed by atoms with van der Waals surface area (Å²) in [6.07, 6.45) is 10.0. The van der Waals surface area contributed by atoms with Crippen molar-refractivity contribution < 1.29 is 0 Å². The standard InChI is InChI=1S/C14H16Ge.C5H5/c1-3-7-13(8-4-1)11-15-12-14-9-5-2-6-10-14;1-2-4-5-3-1/h1-10H,11-12,15H2;1-5H. The topological polar surface area (TPSA) is 0 Å². The molecule has 0 N–H and O–H groups in total. The van der Waals surface area contributed by atoms with Crippen LogP contribution in [-0.2, 0) is 10.5 Å². The van der Waals surface area contributed by atoms with Crippen LogP contribution in [0.15, 0.2) is 85.0 Å². The van der Waals surface area contributed by atoms with E-state index in [0.29, 0.717) is 0 Å². The van der Waals surface area contributed by atoms with Gasteiger partial charge in [0.15, 0.2) is 0 Å². The van der Waals surface area contributed by atoms with Crippen LogP contribution in [0.25, 0.3) is 0 Å². The van der Waals surface area contributed by atoms with Crippen LogP contribution < -0.4 is 0 Å². The molecular weight excluding hydrogens is 301 g/mol. The second-order valence-electron chi connectivity index (χ2n) is 4.79. The molecule has 1 aliphatic rings. The maximum absolute atomic E-state index is 2.25. The van der Waals surface area contributed by atoms with Gasteiger partial charge in [-0.2, -0.15) is 0 Å². The number of hydrogen-bond donors (Lipinski definition) is 0. The van der Waals surface area contributed by atoms with Gasteiger partial charge in [0.25, 0.3) is 0 Å². The van der Waals surface area contributed by atoms with Crippen LogP contribution in [0, 0.1) is 6.42 Å². The Hall–Kier alpha value is -1.54. The van der Waals surface area contributed by atoms with Crippen molar-refractivity contribution in [1.29, 1.82) is 0 Å². The summed E-state index contributed by atoms with van der Waals surface area (Å²) in [5.41, 5.74) is 3.04. The van der Waals surface area contributed by atoms with E-state index in [1.165, 1.54) is 21.6 Å². The zero-order valence-corrected chi connectivity index (χ0v) is 14.7. The van der Waals surface area contributed by atoms with E-state index in [1.807, 2.05) is 30.7 Å². The third-order valence-corrected chi connectivity index (χ3v) is 7.08. The summed E-state index contributed by atoms with van der Waals surface area (Å²) in [5.74, 6) is 0. The van der Waals surface area contributed by atoms with E-state index >= 15 is 0 Å². The molecule has 2 aromatic carbocycles. The summed E-state index contributed by atoms with van der Waals surface area (Å²) in [4.78, 5) is 0. The Morgan fingerprint density at radius 3 is 1.35 bits per heavy atom. The second-order valence-corrected chi connectivity index (χ2v) is 8.37. The molecule has 0 saturated carbocycles. The zero-order valence-electron chi connectivity index (χ0n) is 11.8. The monoisotopic (exact) mass is 323 g/mol. The number of rotatable bonds is 4. The average molecular weight is 322 g/mol. The van der Waals surface area contributed by atoms with Gasteiger partial charge in [-0.1, -0.05) is 24.3 Å². The normalized spacial score (nSPS) is 12.0. The molecule has 20 heavy (non-hydrogen) atoms. The fourth-order valence-corrected chi connectivity index (χ4v) is 5.59. The Labute approximate surface area is 128 Å². The Morgan fingerprint density at radius 2 is 1.00 bits per heavy atom. The molecule has 0 nitrogen and oxygen atoms in total. The fraction of sp³-hybridized carbons (Fsp3) is 0.105. The number of benzene rings is 2. The summed E-state index contributed by atoms with van der Waals surface area (Å²) in [7, 11) is 0. The summed E-state index contributed by atoms with van der Waals surface area (Å²) >= 11 is -0.411. The maximum atomic E-state index is 2.25. The van der Waals surface area contributed by atoms with E-state index in [-0.39, 0.29) is 0 Å². The van der Waals surface area contributed by atoms with Gasteiger partial charge in [0.05, 0.1) is 0 Å². The SMILES string of the molecule is [CH]1C=CC=C1.c1ccc([CH2][GeH2][CH2]c2ccccc2)cc1. The van der Waals surface area contributed by atoms with Gasteiger partial charge >= 0.3 is 97.7 Å². The van der Waals surface area contributed by atoms with E-state index in [1.54, 1.807) is 0 Å². The predicted molar refractivity (Wildman–Crippen MR) is 91.4 cm³/mol. The molecule has 1 heteroatoms. The Bertz CT molecular complexity index is 477. The minimum atomic E-state index is -0.411. The van der Waals surface area contributed by atoms with Crippen LogP contribution in [0.3, 0.4) is 0 Å². The first kappa shape index (κ1) is 14.9. The molecule has 3 rings (SSSR count). The Balaban J connectivity index is 0.000000247. The molecule has 101 valence electrons. The second kappa shape index (κ2) is 9.38. The molecule has 0 aromatic heterocycles. The Morgan fingerprint density at radius 1 is 0.550 bits per heavy atom. The van der Waals surface area contributed by atoms with Crippen molar-refractivity contribution in [2.45, 2.75) is 10.5 Å². The van der Waals surface area contributed by atoms with Crippen LogP contribution >= 0.6 is 0 Å². The first-order valence-corrected chi connectivity index (χ1v) is 11.4. The van der Waals surface area contributed by atoms with Crippen molar-refractivity contribution >= 4 is 15.4 Å². The van der Waals surface area contributed by atoms with Gasteiger partial charge in [-0.25, -0.2) is 0 Å². The molecule has 1 radical (unpaired) electrons. The minimum absolute atomic E-state index is 0.411. The van der Waals surface area contributed by atoms with Crippen LogP contribution in [-0.4, -0.2) is 15.4 Å². The van der Waals surface area contributed by atoms with Crippen LogP contribution in [0.4, 0.5) is 0 Å². The van der Waals surface area contributed by atoms with Crippen LogP contribution in [0.5, 0.6) is 0 Å². The Kier molecular flexibility index (Phi) is 6.97. The molecule has 0 amide bonds. The van der Waals surface area contributed by atoms with Crippen molar-refractivity contribution in [1.82, 2.24) is 0 Å². The van der Waals surface area contributed by atoms with Crippen LogP contribution in [0.2, 0.25) is 0 Å². The van der Waals surface area contributed by atoms with Gasteiger partial charge in [0, 0.05) is 6.42 Å². The summed E-state index contributed by atoms with van der Waals surface area (Å²) < 4.78 is 0. The first-order chi connectivity index (χ1) is 9.95. The van der Waals surface area contributed by atoms with E-state index in [4.69, 9.17) is 0 Å². The average Bonchev–Trinajstić information content (AvgIpc) is 3.09. The molecule has 0 saturated heterocycles. The van der Waals surface area contributed by atoms with Gasteiger partial charge in [-0.05, 0) is 0 Å². The van der Waals surface area contributed by atoms with Crippen molar-refractivity contribution in [3.8, 4) is 0 Å². The first-order valence-electron chi connectivity index (χ1n) is 7.20.